The van der Waals surface area contributed by atoms with Crippen LogP contribution in [0.15, 0.2) is 18.2 Å². The number of nitrogens with one attached hydrogen (secondary N) is 1. The lowest BCUT2D eigenvalue weighted by atomic mass is 10.2. The van der Waals surface area contributed by atoms with Crippen LogP contribution in [0.25, 0.3) is 11.0 Å². The molecule has 0 spiro atoms. The van der Waals surface area contributed by atoms with Gasteiger partial charge in [0, 0.05) is 18.6 Å². The lowest BCUT2D eigenvalue weighted by Gasteiger charge is -2.05. The van der Waals surface area contributed by atoms with Gasteiger partial charge >= 0.3 is 0 Å². The van der Waals surface area contributed by atoms with Crippen molar-refractivity contribution in [1.82, 2.24) is 14.9 Å². The summed E-state index contributed by atoms with van der Waals surface area (Å²) in [5.41, 5.74) is 3.83. The second-order valence-corrected chi connectivity index (χ2v) is 5.74. The van der Waals surface area contributed by atoms with E-state index in [1.54, 1.807) is 0 Å². The molecule has 2 aliphatic carbocycles. The Morgan fingerprint density at radius 1 is 1.28 bits per heavy atom. The fourth-order valence-electron chi connectivity index (χ4n) is 2.72. The van der Waals surface area contributed by atoms with Crippen molar-refractivity contribution in [2.24, 2.45) is 0 Å². The molecule has 3 heteroatoms. The molecule has 0 atom stereocenters. The molecule has 1 N–H and O–H groups in total. The zero-order valence-electron chi connectivity index (χ0n) is 10.8. The predicted molar refractivity (Wildman–Crippen MR) is 72.6 cm³/mol. The molecule has 2 saturated carbocycles. The number of hydrogen-bond donors (Lipinski definition) is 1. The zero-order chi connectivity index (χ0) is 12.1. The van der Waals surface area contributed by atoms with Crippen molar-refractivity contribution in [2.75, 3.05) is 0 Å². The Bertz CT molecular complexity index is 591. The maximum absolute atomic E-state index is 4.71. The largest absolute Gasteiger partial charge is 0.325 e. The fourth-order valence-corrected chi connectivity index (χ4v) is 2.72. The van der Waals surface area contributed by atoms with Gasteiger partial charge in [0.15, 0.2) is 0 Å². The zero-order valence-corrected chi connectivity index (χ0v) is 10.8. The molecule has 0 amide bonds. The van der Waals surface area contributed by atoms with E-state index in [2.05, 4.69) is 35.0 Å². The van der Waals surface area contributed by atoms with Crippen LogP contribution in [0.1, 0.15) is 43.1 Å². The van der Waals surface area contributed by atoms with Gasteiger partial charge in [-0.1, -0.05) is 6.07 Å². The minimum atomic E-state index is 0.713. The van der Waals surface area contributed by atoms with Gasteiger partial charge in [0.05, 0.1) is 11.0 Å². The molecule has 0 unspecified atom stereocenters. The highest BCUT2D eigenvalue weighted by atomic mass is 15.1. The third-order valence-corrected chi connectivity index (χ3v) is 4.01. The second kappa shape index (κ2) is 3.82. The van der Waals surface area contributed by atoms with Gasteiger partial charge in [-0.2, -0.15) is 0 Å². The van der Waals surface area contributed by atoms with Crippen LogP contribution in [0.2, 0.25) is 0 Å². The highest BCUT2D eigenvalue weighted by Gasteiger charge is 2.27. The summed E-state index contributed by atoms with van der Waals surface area (Å²) in [4.78, 5) is 4.71. The third kappa shape index (κ3) is 1.83. The molecule has 1 aromatic heterocycles. The Labute approximate surface area is 107 Å². The molecule has 3 nitrogen and oxygen atoms in total. The first-order valence-corrected chi connectivity index (χ1v) is 7.02. The normalized spacial score (nSPS) is 19.6. The van der Waals surface area contributed by atoms with E-state index < -0.39 is 0 Å². The van der Waals surface area contributed by atoms with Crippen LogP contribution in [0.5, 0.6) is 0 Å². The van der Waals surface area contributed by atoms with Crippen LogP contribution in [-0.4, -0.2) is 15.6 Å². The predicted octanol–water partition coefficient (Wildman–Crippen LogP) is 2.93. The van der Waals surface area contributed by atoms with Crippen LogP contribution in [0.3, 0.4) is 0 Å². The van der Waals surface area contributed by atoms with Crippen molar-refractivity contribution in [1.29, 1.82) is 0 Å². The maximum Gasteiger partial charge on any atom is 0.106 e. The topological polar surface area (TPSA) is 29.9 Å². The van der Waals surface area contributed by atoms with Crippen LogP contribution in [0.4, 0.5) is 0 Å². The van der Waals surface area contributed by atoms with Crippen molar-refractivity contribution in [3.63, 3.8) is 0 Å². The first-order chi connectivity index (χ1) is 8.81. The Morgan fingerprint density at radius 2 is 2.11 bits per heavy atom. The van der Waals surface area contributed by atoms with Crippen LogP contribution in [-0.2, 0) is 6.54 Å². The van der Waals surface area contributed by atoms with Crippen LogP contribution >= 0.6 is 0 Å². The summed E-state index contributed by atoms with van der Waals surface area (Å²) < 4.78 is 2.41. The average Bonchev–Trinajstić information content (AvgIpc) is 3.23. The number of hydrogen-bond acceptors (Lipinski definition) is 2. The Kier molecular flexibility index (Phi) is 2.24. The Balaban J connectivity index is 1.67. The van der Waals surface area contributed by atoms with Gasteiger partial charge in [-0.3, -0.25) is 0 Å². The molecule has 0 saturated heterocycles. The summed E-state index contributed by atoms with van der Waals surface area (Å²) >= 11 is 0. The van der Waals surface area contributed by atoms with E-state index in [0.29, 0.717) is 6.04 Å². The highest BCUT2D eigenvalue weighted by Crippen LogP contribution is 2.38. The van der Waals surface area contributed by atoms with Gasteiger partial charge in [0.2, 0.25) is 0 Å². The van der Waals surface area contributed by atoms with E-state index in [9.17, 15) is 0 Å². The standard InChI is InChI=1S/C15H19N3/c1-10-17-14-8-11(9-16-12-3-4-12)2-7-15(14)18(10)13-5-6-13/h2,7-8,12-13,16H,3-6,9H2,1H3. The molecule has 18 heavy (non-hydrogen) atoms. The number of rotatable bonds is 4. The minimum Gasteiger partial charge on any atom is -0.325 e. The first kappa shape index (κ1) is 10.6. The van der Waals surface area contributed by atoms with E-state index in [4.69, 9.17) is 4.98 Å². The van der Waals surface area contributed by atoms with Gasteiger partial charge in [0.1, 0.15) is 5.82 Å². The molecule has 2 aromatic rings. The van der Waals surface area contributed by atoms with Crippen LogP contribution < -0.4 is 5.32 Å². The molecular formula is C15H19N3. The molecule has 94 valence electrons. The lowest BCUT2D eigenvalue weighted by Crippen LogP contribution is -2.15. The molecular weight excluding hydrogens is 222 g/mol. The lowest BCUT2D eigenvalue weighted by molar-refractivity contribution is 0.688. The van der Waals surface area contributed by atoms with Gasteiger partial charge in [-0.05, 0) is 50.3 Å². The molecule has 4 rings (SSSR count). The van der Waals surface area contributed by atoms with Gasteiger partial charge in [0.25, 0.3) is 0 Å². The molecule has 0 aliphatic heterocycles. The first-order valence-electron chi connectivity index (χ1n) is 7.02. The number of nitrogens with zero attached hydrogens (tertiary/aromatic N) is 2. The van der Waals surface area contributed by atoms with E-state index in [-0.39, 0.29) is 0 Å². The molecule has 1 aromatic carbocycles. The summed E-state index contributed by atoms with van der Waals surface area (Å²) in [7, 11) is 0. The number of benzene rings is 1. The van der Waals surface area contributed by atoms with Crippen LogP contribution in [0, 0.1) is 6.92 Å². The SMILES string of the molecule is Cc1nc2cc(CNC3CC3)ccc2n1C1CC1. The van der Waals surface area contributed by atoms with Crippen molar-refractivity contribution < 1.29 is 0 Å². The summed E-state index contributed by atoms with van der Waals surface area (Å²) in [6.45, 7) is 3.11. The highest BCUT2D eigenvalue weighted by molar-refractivity contribution is 5.77. The van der Waals surface area contributed by atoms with Crippen molar-refractivity contribution in [3.8, 4) is 0 Å². The average molecular weight is 241 g/mol. The number of aromatic nitrogens is 2. The van der Waals surface area contributed by atoms with E-state index in [1.807, 2.05) is 0 Å². The Hall–Kier alpha value is -1.35. The minimum absolute atomic E-state index is 0.713. The van der Waals surface area contributed by atoms with Crippen molar-refractivity contribution >= 4 is 11.0 Å². The second-order valence-electron chi connectivity index (χ2n) is 5.74. The van der Waals surface area contributed by atoms with Gasteiger partial charge < -0.3 is 9.88 Å². The summed E-state index contributed by atoms with van der Waals surface area (Å²) in [6.07, 6.45) is 5.32. The number of imidazole rings is 1. The molecule has 2 aliphatic rings. The van der Waals surface area contributed by atoms with E-state index >= 15 is 0 Å². The molecule has 0 bridgehead atoms. The Morgan fingerprint density at radius 3 is 2.83 bits per heavy atom. The number of aryl methyl sites for hydroxylation is 1. The van der Waals surface area contributed by atoms with E-state index in [1.165, 1.54) is 42.6 Å². The maximum atomic E-state index is 4.71. The smallest absolute Gasteiger partial charge is 0.106 e. The van der Waals surface area contributed by atoms with Crippen molar-refractivity contribution in [2.45, 2.75) is 51.2 Å². The summed E-state index contributed by atoms with van der Waals surface area (Å²) in [6, 6.07) is 8.23. The summed E-state index contributed by atoms with van der Waals surface area (Å²) in [5.74, 6) is 1.17. The fraction of sp³-hybridized carbons (Fsp3) is 0.533. The third-order valence-electron chi connectivity index (χ3n) is 4.01. The van der Waals surface area contributed by atoms with Gasteiger partial charge in [-0.25, -0.2) is 4.98 Å². The molecule has 2 fully saturated rings. The molecule has 0 radical (unpaired) electrons. The quantitative estimate of drug-likeness (QED) is 0.892. The molecule has 1 heterocycles. The van der Waals surface area contributed by atoms with E-state index in [0.717, 1.165) is 18.1 Å². The van der Waals surface area contributed by atoms with Gasteiger partial charge in [-0.15, -0.1) is 0 Å². The monoisotopic (exact) mass is 241 g/mol. The number of fused-ring (bicyclic) bond motifs is 1. The van der Waals surface area contributed by atoms with Crippen molar-refractivity contribution in [3.05, 3.63) is 29.6 Å². The summed E-state index contributed by atoms with van der Waals surface area (Å²) in [5, 5.41) is 3.56.